The molecule has 1 amide bonds. The maximum absolute atomic E-state index is 12.7. The topological polar surface area (TPSA) is 35.6 Å². The van der Waals surface area contributed by atoms with E-state index in [1.807, 2.05) is 63.9 Å². The van der Waals surface area contributed by atoms with Gasteiger partial charge < -0.3 is 10.2 Å². The van der Waals surface area contributed by atoms with E-state index in [1.54, 1.807) is 0 Å². The molecule has 2 aliphatic rings. The van der Waals surface area contributed by atoms with Crippen LogP contribution in [0.1, 0.15) is 53.7 Å². The Labute approximate surface area is 219 Å². The summed E-state index contributed by atoms with van der Waals surface area (Å²) in [5.41, 5.74) is 5.41. The number of amides is 1. The number of anilines is 1. The van der Waals surface area contributed by atoms with E-state index in [9.17, 15) is 4.79 Å². The predicted octanol–water partition coefficient (Wildman–Crippen LogP) is 7.54. The number of para-hydroxylation sites is 1. The Hall–Kier alpha value is -2.56. The Morgan fingerprint density at radius 3 is 2.11 bits per heavy atom. The van der Waals surface area contributed by atoms with E-state index in [1.165, 1.54) is 30.6 Å². The van der Waals surface area contributed by atoms with Crippen LogP contribution in [0.2, 0.25) is 5.02 Å². The number of piperazine rings is 1. The zero-order valence-electron chi connectivity index (χ0n) is 22.8. The lowest BCUT2D eigenvalue weighted by molar-refractivity contribution is 0.0571. The molecule has 4 nitrogen and oxygen atoms in total. The van der Waals surface area contributed by atoms with Crippen LogP contribution in [0.4, 0.5) is 5.69 Å². The molecule has 0 bridgehead atoms. The number of benzene rings is 2. The van der Waals surface area contributed by atoms with Crippen molar-refractivity contribution < 1.29 is 4.79 Å². The van der Waals surface area contributed by atoms with Gasteiger partial charge in [0.1, 0.15) is 0 Å². The molecule has 0 spiro atoms. The summed E-state index contributed by atoms with van der Waals surface area (Å²) < 4.78 is 0. The summed E-state index contributed by atoms with van der Waals surface area (Å²) in [6.45, 7) is 26.0. The number of aryl methyl sites for hydroxylation is 3. The first kappa shape index (κ1) is 32.4. The molecule has 2 fully saturated rings. The van der Waals surface area contributed by atoms with Gasteiger partial charge in [-0.2, -0.15) is 0 Å². The molecule has 0 radical (unpaired) electrons. The normalized spacial score (nSPS) is 15.9. The highest BCUT2D eigenvalue weighted by Crippen LogP contribution is 2.26. The van der Waals surface area contributed by atoms with Gasteiger partial charge in [-0.05, 0) is 75.0 Å². The molecule has 0 unspecified atom stereocenters. The number of hydrogen-bond acceptors (Lipinski definition) is 3. The van der Waals surface area contributed by atoms with Gasteiger partial charge in [-0.15, -0.1) is 26.3 Å². The SMILES string of the molecule is C=C.C=C.CC.CNc1ccccc1C.Cc1cc(Cl)c(C(=O)N2CCN3CCC[C@@H]3C2)cc1C. The molecule has 35 heavy (non-hydrogen) atoms. The highest BCUT2D eigenvalue weighted by Gasteiger charge is 2.33. The monoisotopic (exact) mass is 499 g/mol. The standard InChI is InChI=1S/C16H21ClN2O.C8H11N.C2H6.2C2H4/c1-11-8-14(15(17)9-12(11)2)16(20)19-7-6-18-5-3-4-13(18)10-19;1-7-5-3-4-6-8(7)9-2;3*1-2/h8-9,13H,3-7,10H2,1-2H3;3-6,9H,1-2H3;1-2H3;2*1-2H2/t13-;;;;/m1..../s1. The molecule has 4 rings (SSSR count). The molecule has 0 aromatic heterocycles. The lowest BCUT2D eigenvalue weighted by Gasteiger charge is -2.37. The van der Waals surface area contributed by atoms with Gasteiger partial charge >= 0.3 is 0 Å². The van der Waals surface area contributed by atoms with Crippen molar-refractivity contribution in [3.63, 3.8) is 0 Å². The number of halogens is 1. The summed E-state index contributed by atoms with van der Waals surface area (Å²) in [6.07, 6.45) is 2.47. The van der Waals surface area contributed by atoms with Gasteiger partial charge in [-0.25, -0.2) is 0 Å². The molecule has 2 aliphatic heterocycles. The largest absolute Gasteiger partial charge is 0.388 e. The minimum atomic E-state index is 0.0876. The molecule has 2 aromatic carbocycles. The molecule has 0 saturated carbocycles. The summed E-state index contributed by atoms with van der Waals surface area (Å²) in [7, 11) is 1.93. The van der Waals surface area contributed by atoms with Crippen molar-refractivity contribution in [3.05, 3.63) is 90.0 Å². The van der Waals surface area contributed by atoms with Crippen LogP contribution in [0.25, 0.3) is 0 Å². The second-order valence-electron chi connectivity index (χ2n) is 8.06. The highest BCUT2D eigenvalue weighted by atomic mass is 35.5. The summed E-state index contributed by atoms with van der Waals surface area (Å²) >= 11 is 6.27. The van der Waals surface area contributed by atoms with Crippen LogP contribution < -0.4 is 5.32 Å². The van der Waals surface area contributed by atoms with E-state index >= 15 is 0 Å². The average molecular weight is 500 g/mol. The van der Waals surface area contributed by atoms with E-state index < -0.39 is 0 Å². The Morgan fingerprint density at radius 2 is 1.54 bits per heavy atom. The molecule has 2 heterocycles. The molecule has 5 heteroatoms. The Morgan fingerprint density at radius 1 is 0.943 bits per heavy atom. The fourth-order valence-corrected chi connectivity index (χ4v) is 4.44. The lowest BCUT2D eigenvalue weighted by Crippen LogP contribution is -2.52. The minimum Gasteiger partial charge on any atom is -0.388 e. The number of nitrogens with zero attached hydrogens (tertiary/aromatic N) is 2. The van der Waals surface area contributed by atoms with Crippen LogP contribution in [0, 0.1) is 20.8 Å². The number of hydrogen-bond donors (Lipinski definition) is 1. The fraction of sp³-hybridized carbons (Fsp3) is 0.433. The quantitative estimate of drug-likeness (QED) is 0.433. The van der Waals surface area contributed by atoms with Crippen molar-refractivity contribution in [2.45, 2.75) is 53.5 Å². The van der Waals surface area contributed by atoms with Crippen LogP contribution in [0.3, 0.4) is 0 Å². The third kappa shape index (κ3) is 9.54. The fourth-order valence-electron chi connectivity index (χ4n) is 4.14. The predicted molar refractivity (Wildman–Crippen MR) is 156 cm³/mol. The van der Waals surface area contributed by atoms with E-state index in [4.69, 9.17) is 11.6 Å². The molecular weight excluding hydrogens is 454 g/mol. The maximum atomic E-state index is 12.7. The Balaban J connectivity index is 0.000000647. The van der Waals surface area contributed by atoms with Crippen LogP contribution in [0.5, 0.6) is 0 Å². The van der Waals surface area contributed by atoms with Crippen molar-refractivity contribution in [3.8, 4) is 0 Å². The number of rotatable bonds is 2. The molecular formula is C30H46ClN3O. The minimum absolute atomic E-state index is 0.0876. The van der Waals surface area contributed by atoms with Crippen molar-refractivity contribution in [2.24, 2.45) is 0 Å². The zero-order chi connectivity index (χ0) is 27.0. The molecule has 0 aliphatic carbocycles. The first-order chi connectivity index (χ1) is 16.9. The van der Waals surface area contributed by atoms with Crippen molar-refractivity contribution in [2.75, 3.05) is 38.5 Å². The summed E-state index contributed by atoms with van der Waals surface area (Å²) in [4.78, 5) is 17.2. The van der Waals surface area contributed by atoms with Gasteiger partial charge in [0.25, 0.3) is 5.91 Å². The van der Waals surface area contributed by atoms with E-state index in [2.05, 4.69) is 55.6 Å². The van der Waals surface area contributed by atoms with Crippen LogP contribution in [0.15, 0.2) is 62.7 Å². The summed E-state index contributed by atoms with van der Waals surface area (Å²) in [5.74, 6) is 0.0876. The van der Waals surface area contributed by atoms with Gasteiger partial charge in [0.2, 0.25) is 0 Å². The van der Waals surface area contributed by atoms with Crippen LogP contribution in [-0.2, 0) is 0 Å². The third-order valence-corrected chi connectivity index (χ3v) is 6.42. The van der Waals surface area contributed by atoms with Gasteiger partial charge in [0.05, 0.1) is 10.6 Å². The number of fused-ring (bicyclic) bond motifs is 1. The van der Waals surface area contributed by atoms with Gasteiger partial charge in [0.15, 0.2) is 0 Å². The third-order valence-electron chi connectivity index (χ3n) is 6.10. The first-order valence-electron chi connectivity index (χ1n) is 12.4. The molecule has 2 saturated heterocycles. The second kappa shape index (κ2) is 17.8. The molecule has 2 aromatic rings. The second-order valence-corrected chi connectivity index (χ2v) is 8.47. The van der Waals surface area contributed by atoms with E-state index in [-0.39, 0.29) is 5.91 Å². The lowest BCUT2D eigenvalue weighted by atomic mass is 10.0. The van der Waals surface area contributed by atoms with E-state index in [0.29, 0.717) is 16.6 Å². The van der Waals surface area contributed by atoms with Gasteiger partial charge in [-0.3, -0.25) is 9.69 Å². The summed E-state index contributed by atoms with van der Waals surface area (Å²) in [5, 5.41) is 3.67. The van der Waals surface area contributed by atoms with Crippen molar-refractivity contribution >= 4 is 23.2 Å². The highest BCUT2D eigenvalue weighted by molar-refractivity contribution is 6.34. The average Bonchev–Trinajstić information content (AvgIpc) is 3.38. The van der Waals surface area contributed by atoms with Gasteiger partial charge in [0, 0.05) is 38.4 Å². The Kier molecular flexibility index (Phi) is 16.5. The first-order valence-corrected chi connectivity index (χ1v) is 12.8. The summed E-state index contributed by atoms with van der Waals surface area (Å²) in [6, 6.07) is 12.6. The van der Waals surface area contributed by atoms with Gasteiger partial charge in [-0.1, -0.05) is 43.6 Å². The van der Waals surface area contributed by atoms with E-state index in [0.717, 1.165) is 30.8 Å². The van der Waals surface area contributed by atoms with Crippen LogP contribution >= 0.6 is 11.6 Å². The maximum Gasteiger partial charge on any atom is 0.255 e. The number of nitrogens with one attached hydrogen (secondary N) is 1. The smallest absolute Gasteiger partial charge is 0.255 e. The molecule has 194 valence electrons. The number of carbonyl (C=O) groups excluding carboxylic acids is 1. The van der Waals surface area contributed by atoms with Crippen molar-refractivity contribution in [1.82, 2.24) is 9.80 Å². The van der Waals surface area contributed by atoms with Crippen molar-refractivity contribution in [1.29, 1.82) is 0 Å². The number of carbonyl (C=O) groups is 1. The van der Waals surface area contributed by atoms with Crippen LogP contribution in [-0.4, -0.2) is 55.0 Å². The zero-order valence-corrected chi connectivity index (χ0v) is 23.5. The molecule has 1 N–H and O–H groups in total. The Bertz CT molecular complexity index is 897. The molecule has 1 atom stereocenters.